The first kappa shape index (κ1) is 14.5. The van der Waals surface area contributed by atoms with Gasteiger partial charge in [0.25, 0.3) is 5.91 Å². The van der Waals surface area contributed by atoms with Gasteiger partial charge in [-0.15, -0.1) is 10.2 Å². The quantitative estimate of drug-likeness (QED) is 0.872. The van der Waals surface area contributed by atoms with Crippen LogP contribution < -0.4 is 0 Å². The fourth-order valence-electron chi connectivity index (χ4n) is 1.98. The van der Waals surface area contributed by atoms with Crippen LogP contribution in [0, 0.1) is 13.8 Å². The molecule has 2 rings (SSSR count). The number of hydrogen-bond acceptors (Lipinski definition) is 3. The second kappa shape index (κ2) is 6.01. The number of halogens is 1. The van der Waals surface area contributed by atoms with Gasteiger partial charge in [-0.25, -0.2) is 0 Å². The van der Waals surface area contributed by atoms with Crippen LogP contribution in [0.1, 0.15) is 27.2 Å². The molecule has 1 aromatic heterocycles. The van der Waals surface area contributed by atoms with E-state index in [1.165, 1.54) is 11.1 Å². The van der Waals surface area contributed by atoms with Crippen molar-refractivity contribution >= 4 is 17.5 Å². The molecule has 1 heterocycles. The van der Waals surface area contributed by atoms with Crippen LogP contribution in [-0.4, -0.2) is 28.1 Å². The highest BCUT2D eigenvalue weighted by Crippen LogP contribution is 2.14. The predicted molar refractivity (Wildman–Crippen MR) is 78.8 cm³/mol. The van der Waals surface area contributed by atoms with Crippen LogP contribution in [-0.2, 0) is 6.54 Å². The summed E-state index contributed by atoms with van der Waals surface area (Å²) >= 11 is 5.66. The van der Waals surface area contributed by atoms with Crippen molar-refractivity contribution in [2.24, 2.45) is 0 Å². The summed E-state index contributed by atoms with van der Waals surface area (Å²) in [5.41, 5.74) is 3.80. The molecule has 0 unspecified atom stereocenters. The fraction of sp³-hybridized carbons (Fsp3) is 0.267. The van der Waals surface area contributed by atoms with Gasteiger partial charge in [0.1, 0.15) is 0 Å². The van der Waals surface area contributed by atoms with E-state index in [2.05, 4.69) is 23.2 Å². The summed E-state index contributed by atoms with van der Waals surface area (Å²) in [6, 6.07) is 9.34. The number of carbonyl (C=O) groups is 1. The van der Waals surface area contributed by atoms with E-state index in [4.69, 9.17) is 11.6 Å². The Morgan fingerprint density at radius 3 is 2.55 bits per heavy atom. The molecule has 1 aromatic carbocycles. The Morgan fingerprint density at radius 2 is 1.95 bits per heavy atom. The van der Waals surface area contributed by atoms with Crippen molar-refractivity contribution in [2.75, 3.05) is 7.05 Å². The standard InChI is InChI=1S/C15H16ClN3O/c1-10-4-5-12(11(2)8-10)9-19(3)15(20)13-6-7-14(16)18-17-13/h4-8H,9H2,1-3H3. The van der Waals surface area contributed by atoms with Crippen molar-refractivity contribution in [1.29, 1.82) is 0 Å². The van der Waals surface area contributed by atoms with Gasteiger partial charge in [-0.05, 0) is 37.1 Å². The molecule has 0 atom stereocenters. The fourth-order valence-corrected chi connectivity index (χ4v) is 2.08. The van der Waals surface area contributed by atoms with E-state index in [0.29, 0.717) is 12.2 Å². The molecule has 104 valence electrons. The zero-order valence-electron chi connectivity index (χ0n) is 11.7. The van der Waals surface area contributed by atoms with E-state index < -0.39 is 0 Å². The first-order valence-corrected chi connectivity index (χ1v) is 6.66. The minimum atomic E-state index is -0.172. The molecule has 2 aromatic rings. The Hall–Kier alpha value is -1.94. The molecule has 0 aliphatic heterocycles. The van der Waals surface area contributed by atoms with Gasteiger partial charge < -0.3 is 4.90 Å². The maximum atomic E-state index is 12.2. The Kier molecular flexibility index (Phi) is 4.35. The van der Waals surface area contributed by atoms with Crippen LogP contribution in [0.15, 0.2) is 30.3 Å². The minimum absolute atomic E-state index is 0.172. The van der Waals surface area contributed by atoms with Gasteiger partial charge in [-0.3, -0.25) is 4.79 Å². The van der Waals surface area contributed by atoms with Crippen LogP contribution in [0.3, 0.4) is 0 Å². The average molecular weight is 290 g/mol. The number of aromatic nitrogens is 2. The van der Waals surface area contributed by atoms with E-state index in [-0.39, 0.29) is 11.1 Å². The SMILES string of the molecule is Cc1ccc(CN(C)C(=O)c2ccc(Cl)nn2)c(C)c1. The second-order valence-corrected chi connectivity index (χ2v) is 5.22. The van der Waals surface area contributed by atoms with Crippen molar-refractivity contribution in [3.8, 4) is 0 Å². The van der Waals surface area contributed by atoms with Crippen molar-refractivity contribution in [1.82, 2.24) is 15.1 Å². The lowest BCUT2D eigenvalue weighted by atomic mass is 10.1. The monoisotopic (exact) mass is 289 g/mol. The van der Waals surface area contributed by atoms with Crippen LogP contribution >= 0.6 is 11.6 Å². The molecule has 0 aliphatic rings. The molecule has 0 bridgehead atoms. The normalized spacial score (nSPS) is 10.4. The summed E-state index contributed by atoms with van der Waals surface area (Å²) in [5, 5.41) is 7.77. The van der Waals surface area contributed by atoms with E-state index in [9.17, 15) is 4.79 Å². The number of amides is 1. The van der Waals surface area contributed by atoms with Crippen LogP contribution in [0.5, 0.6) is 0 Å². The van der Waals surface area contributed by atoms with E-state index >= 15 is 0 Å². The Bertz CT molecular complexity index is 626. The molecule has 1 amide bonds. The second-order valence-electron chi connectivity index (χ2n) is 4.83. The van der Waals surface area contributed by atoms with Crippen molar-refractivity contribution in [3.63, 3.8) is 0 Å². The van der Waals surface area contributed by atoms with Gasteiger partial charge in [-0.1, -0.05) is 35.4 Å². The van der Waals surface area contributed by atoms with Gasteiger partial charge >= 0.3 is 0 Å². The molecule has 0 radical (unpaired) electrons. The summed E-state index contributed by atoms with van der Waals surface area (Å²) < 4.78 is 0. The van der Waals surface area contributed by atoms with Crippen molar-refractivity contribution < 1.29 is 4.79 Å². The lowest BCUT2D eigenvalue weighted by molar-refractivity contribution is 0.0778. The number of nitrogens with zero attached hydrogens (tertiary/aromatic N) is 3. The van der Waals surface area contributed by atoms with Gasteiger partial charge in [0.05, 0.1) is 0 Å². The third kappa shape index (κ3) is 3.33. The molecule has 0 spiro atoms. The number of hydrogen-bond donors (Lipinski definition) is 0. The highest BCUT2D eigenvalue weighted by molar-refractivity contribution is 6.29. The number of benzene rings is 1. The summed E-state index contributed by atoms with van der Waals surface area (Å²) in [5.74, 6) is -0.172. The third-order valence-electron chi connectivity index (χ3n) is 3.10. The molecule has 0 N–H and O–H groups in total. The average Bonchev–Trinajstić information content (AvgIpc) is 2.42. The maximum absolute atomic E-state index is 12.2. The zero-order chi connectivity index (χ0) is 14.7. The topological polar surface area (TPSA) is 46.1 Å². The molecule has 4 nitrogen and oxygen atoms in total. The molecule has 0 saturated carbocycles. The molecule has 0 fully saturated rings. The highest BCUT2D eigenvalue weighted by Gasteiger charge is 2.14. The van der Waals surface area contributed by atoms with Gasteiger partial charge in [0.2, 0.25) is 0 Å². The van der Waals surface area contributed by atoms with Crippen LogP contribution in [0.4, 0.5) is 0 Å². The van der Waals surface area contributed by atoms with Crippen molar-refractivity contribution in [2.45, 2.75) is 20.4 Å². The summed E-state index contributed by atoms with van der Waals surface area (Å²) in [7, 11) is 1.75. The Labute approximate surface area is 123 Å². The van der Waals surface area contributed by atoms with E-state index in [1.54, 1.807) is 24.1 Å². The lowest BCUT2D eigenvalue weighted by Gasteiger charge is -2.18. The Balaban J connectivity index is 2.13. The summed E-state index contributed by atoms with van der Waals surface area (Å²) in [4.78, 5) is 13.8. The van der Waals surface area contributed by atoms with Gasteiger partial charge in [0, 0.05) is 13.6 Å². The first-order chi connectivity index (χ1) is 9.47. The molecule has 0 aliphatic carbocycles. The summed E-state index contributed by atoms with van der Waals surface area (Å²) in [6.07, 6.45) is 0. The van der Waals surface area contributed by atoms with Gasteiger partial charge in [0.15, 0.2) is 10.8 Å². The van der Waals surface area contributed by atoms with Crippen LogP contribution in [0.2, 0.25) is 5.15 Å². The molecular weight excluding hydrogens is 274 g/mol. The first-order valence-electron chi connectivity index (χ1n) is 6.28. The van der Waals surface area contributed by atoms with Gasteiger partial charge in [-0.2, -0.15) is 0 Å². The highest BCUT2D eigenvalue weighted by atomic mass is 35.5. The third-order valence-corrected chi connectivity index (χ3v) is 3.31. The predicted octanol–water partition coefficient (Wildman–Crippen LogP) is 3.02. The van der Waals surface area contributed by atoms with Crippen molar-refractivity contribution in [3.05, 3.63) is 57.9 Å². The molecule has 20 heavy (non-hydrogen) atoms. The molecule has 0 saturated heterocycles. The number of rotatable bonds is 3. The zero-order valence-corrected chi connectivity index (χ0v) is 12.5. The number of aryl methyl sites for hydroxylation is 2. The maximum Gasteiger partial charge on any atom is 0.274 e. The summed E-state index contributed by atoms with van der Waals surface area (Å²) in [6.45, 7) is 4.63. The molecular formula is C15H16ClN3O. The largest absolute Gasteiger partial charge is 0.336 e. The van der Waals surface area contributed by atoms with Crippen LogP contribution in [0.25, 0.3) is 0 Å². The van der Waals surface area contributed by atoms with E-state index in [0.717, 1.165) is 5.56 Å². The number of carbonyl (C=O) groups excluding carboxylic acids is 1. The Morgan fingerprint density at radius 1 is 1.20 bits per heavy atom. The smallest absolute Gasteiger partial charge is 0.274 e. The lowest BCUT2D eigenvalue weighted by Crippen LogP contribution is -2.27. The molecule has 5 heteroatoms. The minimum Gasteiger partial charge on any atom is -0.336 e. The van der Waals surface area contributed by atoms with E-state index in [1.807, 2.05) is 19.1 Å².